The predicted molar refractivity (Wildman–Crippen MR) is 89.1 cm³/mol. The van der Waals surface area contributed by atoms with Crippen LogP contribution in [0.25, 0.3) is 0 Å². The predicted octanol–water partition coefficient (Wildman–Crippen LogP) is 3.73. The SMILES string of the molecule is CCOc1ccccc1NC(=O)NC1CCOc2ccccc21. The second-order valence-corrected chi connectivity index (χ2v) is 5.26. The van der Waals surface area contributed by atoms with Crippen LogP contribution in [0.15, 0.2) is 48.5 Å². The molecule has 5 heteroatoms. The quantitative estimate of drug-likeness (QED) is 0.904. The van der Waals surface area contributed by atoms with Crippen molar-refractivity contribution in [2.75, 3.05) is 18.5 Å². The molecule has 2 aromatic rings. The summed E-state index contributed by atoms with van der Waals surface area (Å²) in [6.07, 6.45) is 0.748. The van der Waals surface area contributed by atoms with Crippen LogP contribution >= 0.6 is 0 Å². The molecule has 3 rings (SSSR count). The van der Waals surface area contributed by atoms with Crippen LogP contribution < -0.4 is 20.1 Å². The zero-order valence-corrected chi connectivity index (χ0v) is 13.0. The van der Waals surface area contributed by atoms with Crippen LogP contribution in [-0.4, -0.2) is 19.2 Å². The van der Waals surface area contributed by atoms with Crippen molar-refractivity contribution in [2.24, 2.45) is 0 Å². The Kier molecular flexibility index (Phi) is 4.66. The molecule has 1 unspecified atom stereocenters. The lowest BCUT2D eigenvalue weighted by molar-refractivity contribution is 0.232. The zero-order valence-electron chi connectivity index (χ0n) is 13.0. The van der Waals surface area contributed by atoms with E-state index in [2.05, 4.69) is 10.6 Å². The molecule has 0 spiro atoms. The van der Waals surface area contributed by atoms with Crippen molar-refractivity contribution in [2.45, 2.75) is 19.4 Å². The third kappa shape index (κ3) is 3.56. The van der Waals surface area contributed by atoms with Gasteiger partial charge >= 0.3 is 6.03 Å². The average Bonchev–Trinajstić information content (AvgIpc) is 2.57. The van der Waals surface area contributed by atoms with E-state index in [0.29, 0.717) is 24.7 Å². The molecule has 0 bridgehead atoms. The zero-order chi connectivity index (χ0) is 16.1. The van der Waals surface area contributed by atoms with Gasteiger partial charge in [-0.05, 0) is 25.1 Å². The summed E-state index contributed by atoms with van der Waals surface area (Å²) in [5.41, 5.74) is 1.67. The van der Waals surface area contributed by atoms with E-state index in [4.69, 9.17) is 9.47 Å². The summed E-state index contributed by atoms with van der Waals surface area (Å²) in [4.78, 5) is 12.3. The van der Waals surface area contributed by atoms with Crippen molar-refractivity contribution in [3.05, 3.63) is 54.1 Å². The molecule has 0 fully saturated rings. The lowest BCUT2D eigenvalue weighted by Crippen LogP contribution is -2.35. The number of anilines is 1. The smallest absolute Gasteiger partial charge is 0.319 e. The minimum atomic E-state index is -0.251. The molecule has 1 aliphatic heterocycles. The van der Waals surface area contributed by atoms with Crippen molar-refractivity contribution in [1.29, 1.82) is 0 Å². The van der Waals surface area contributed by atoms with Gasteiger partial charge in [-0.2, -0.15) is 0 Å². The van der Waals surface area contributed by atoms with Crippen LogP contribution in [0.3, 0.4) is 0 Å². The van der Waals surface area contributed by atoms with E-state index in [9.17, 15) is 4.79 Å². The average molecular weight is 312 g/mol. The largest absolute Gasteiger partial charge is 0.493 e. The molecule has 0 saturated carbocycles. The minimum Gasteiger partial charge on any atom is -0.493 e. The van der Waals surface area contributed by atoms with Gasteiger partial charge in [0, 0.05) is 12.0 Å². The number of rotatable bonds is 4. The highest BCUT2D eigenvalue weighted by Gasteiger charge is 2.22. The minimum absolute atomic E-state index is 0.0563. The van der Waals surface area contributed by atoms with Crippen molar-refractivity contribution >= 4 is 11.7 Å². The highest BCUT2D eigenvalue weighted by atomic mass is 16.5. The van der Waals surface area contributed by atoms with Crippen molar-refractivity contribution in [3.8, 4) is 11.5 Å². The van der Waals surface area contributed by atoms with Crippen molar-refractivity contribution in [1.82, 2.24) is 5.32 Å². The lowest BCUT2D eigenvalue weighted by Gasteiger charge is -2.26. The Morgan fingerprint density at radius 1 is 1.22 bits per heavy atom. The Hall–Kier alpha value is -2.69. The van der Waals surface area contributed by atoms with Gasteiger partial charge in [0.1, 0.15) is 11.5 Å². The first-order valence-corrected chi connectivity index (χ1v) is 7.79. The molecule has 0 saturated heterocycles. The number of ether oxygens (including phenoxy) is 2. The Balaban J connectivity index is 1.69. The van der Waals surface area contributed by atoms with Gasteiger partial charge in [-0.15, -0.1) is 0 Å². The molecule has 23 heavy (non-hydrogen) atoms. The number of hydrogen-bond acceptors (Lipinski definition) is 3. The fourth-order valence-corrected chi connectivity index (χ4v) is 2.66. The van der Waals surface area contributed by atoms with E-state index in [0.717, 1.165) is 17.7 Å². The van der Waals surface area contributed by atoms with E-state index < -0.39 is 0 Å². The van der Waals surface area contributed by atoms with Crippen LogP contribution in [0, 0.1) is 0 Å². The summed E-state index contributed by atoms with van der Waals surface area (Å²) >= 11 is 0. The third-order valence-electron chi connectivity index (χ3n) is 3.70. The highest BCUT2D eigenvalue weighted by molar-refractivity contribution is 5.91. The maximum Gasteiger partial charge on any atom is 0.319 e. The number of nitrogens with one attached hydrogen (secondary N) is 2. The van der Waals surface area contributed by atoms with Crippen LogP contribution in [0.5, 0.6) is 11.5 Å². The Morgan fingerprint density at radius 3 is 2.87 bits per heavy atom. The van der Waals surface area contributed by atoms with Gasteiger partial charge in [-0.25, -0.2) is 4.79 Å². The second kappa shape index (κ2) is 7.05. The van der Waals surface area contributed by atoms with E-state index in [1.54, 1.807) is 0 Å². The van der Waals surface area contributed by atoms with Gasteiger partial charge in [-0.1, -0.05) is 30.3 Å². The number of benzene rings is 2. The third-order valence-corrected chi connectivity index (χ3v) is 3.70. The number of urea groups is 1. The number of carbonyl (C=O) groups is 1. The van der Waals surface area contributed by atoms with Gasteiger partial charge in [0.2, 0.25) is 0 Å². The molecular formula is C18H20N2O3. The molecule has 1 aliphatic rings. The monoisotopic (exact) mass is 312 g/mol. The van der Waals surface area contributed by atoms with E-state index in [1.165, 1.54) is 0 Å². The maximum atomic E-state index is 12.3. The molecule has 120 valence electrons. The number of amides is 2. The molecule has 2 N–H and O–H groups in total. The fourth-order valence-electron chi connectivity index (χ4n) is 2.66. The second-order valence-electron chi connectivity index (χ2n) is 5.26. The first-order chi connectivity index (χ1) is 11.3. The summed E-state index contributed by atoms with van der Waals surface area (Å²) in [5.74, 6) is 1.50. The van der Waals surface area contributed by atoms with Crippen molar-refractivity contribution < 1.29 is 14.3 Å². The first-order valence-electron chi connectivity index (χ1n) is 7.79. The van der Waals surface area contributed by atoms with Crippen LogP contribution in [0.4, 0.5) is 10.5 Å². The molecule has 1 atom stereocenters. The van der Waals surface area contributed by atoms with Crippen molar-refractivity contribution in [3.63, 3.8) is 0 Å². The Morgan fingerprint density at radius 2 is 2.00 bits per heavy atom. The Bertz CT molecular complexity index is 687. The number of fused-ring (bicyclic) bond motifs is 1. The first kappa shape index (κ1) is 15.2. The van der Waals surface area contributed by atoms with Crippen LogP contribution in [0.2, 0.25) is 0 Å². The number of hydrogen-bond donors (Lipinski definition) is 2. The topological polar surface area (TPSA) is 59.6 Å². The van der Waals surface area contributed by atoms with Gasteiger partial charge in [0.05, 0.1) is 24.9 Å². The van der Waals surface area contributed by atoms with Crippen LogP contribution in [0.1, 0.15) is 24.9 Å². The summed E-state index contributed by atoms with van der Waals surface area (Å²) in [5, 5.41) is 5.86. The molecule has 2 amide bonds. The van der Waals surface area contributed by atoms with E-state index >= 15 is 0 Å². The summed E-state index contributed by atoms with van der Waals surface area (Å²) < 4.78 is 11.1. The molecule has 1 heterocycles. The highest BCUT2D eigenvalue weighted by Crippen LogP contribution is 2.31. The van der Waals surface area contributed by atoms with Gasteiger partial charge in [-0.3, -0.25) is 0 Å². The number of carbonyl (C=O) groups excluding carboxylic acids is 1. The summed E-state index contributed by atoms with van der Waals surface area (Å²) in [6.45, 7) is 3.06. The summed E-state index contributed by atoms with van der Waals surface area (Å²) in [6, 6.07) is 14.9. The number of para-hydroxylation sites is 3. The fraction of sp³-hybridized carbons (Fsp3) is 0.278. The molecule has 5 nitrogen and oxygen atoms in total. The standard InChI is InChI=1S/C18H20N2O3/c1-2-22-17-10-6-4-8-15(17)20-18(21)19-14-11-12-23-16-9-5-3-7-13(14)16/h3-10,14H,2,11-12H2,1H3,(H2,19,20,21). The molecule has 0 aromatic heterocycles. The molecule has 0 radical (unpaired) electrons. The molecular weight excluding hydrogens is 292 g/mol. The normalized spacial score (nSPS) is 16.0. The van der Waals surface area contributed by atoms with E-state index in [-0.39, 0.29) is 12.1 Å². The Labute approximate surface area is 135 Å². The van der Waals surface area contributed by atoms with Gasteiger partial charge < -0.3 is 20.1 Å². The summed E-state index contributed by atoms with van der Waals surface area (Å²) in [7, 11) is 0. The lowest BCUT2D eigenvalue weighted by atomic mass is 10.0. The maximum absolute atomic E-state index is 12.3. The van der Waals surface area contributed by atoms with Gasteiger partial charge in [0.25, 0.3) is 0 Å². The van der Waals surface area contributed by atoms with E-state index in [1.807, 2.05) is 55.5 Å². The van der Waals surface area contributed by atoms with Crippen LogP contribution in [-0.2, 0) is 0 Å². The molecule has 0 aliphatic carbocycles. The molecule has 2 aromatic carbocycles. The van der Waals surface area contributed by atoms with Gasteiger partial charge in [0.15, 0.2) is 0 Å².